The minimum atomic E-state index is -1.50. The van der Waals surface area contributed by atoms with Gasteiger partial charge in [0.25, 0.3) is 0 Å². The van der Waals surface area contributed by atoms with Gasteiger partial charge in [-0.25, -0.2) is 0 Å². The van der Waals surface area contributed by atoms with E-state index in [1.807, 2.05) is 0 Å². The maximum absolute atomic E-state index is 8.57. The van der Waals surface area contributed by atoms with Crippen LogP contribution in [0, 0.1) is 0 Å². The van der Waals surface area contributed by atoms with Gasteiger partial charge in [-0.2, -0.15) is 0 Å². The third-order valence-corrected chi connectivity index (χ3v) is 0. The smallest absolute Gasteiger partial charge is 0.177 e. The van der Waals surface area contributed by atoms with Gasteiger partial charge in [-0.05, 0) is 0 Å². The lowest BCUT2D eigenvalue weighted by atomic mass is 14.0. The maximum atomic E-state index is 8.57. The third-order valence-electron chi connectivity index (χ3n) is 0. The summed E-state index contributed by atoms with van der Waals surface area (Å²) in [5, 5.41) is 0. The zero-order valence-electron chi connectivity index (χ0n) is 2.14. The Bertz CT molecular complexity index is 13.5. The molecular formula is H6NO2P. The van der Waals surface area contributed by atoms with Gasteiger partial charge in [0.05, 0.1) is 0 Å². The van der Waals surface area contributed by atoms with E-state index < -0.39 is 8.69 Å². The molecule has 0 bridgehead atoms. The van der Waals surface area contributed by atoms with Crippen LogP contribution in [0.25, 0.3) is 0 Å². The topological polar surface area (TPSA) is 72.3 Å². The highest BCUT2D eigenvalue weighted by Crippen LogP contribution is 1.66. The van der Waals surface area contributed by atoms with E-state index in [0.717, 1.165) is 0 Å². The molecule has 0 radical (unpaired) electrons. The molecule has 0 heterocycles. The monoisotopic (exact) mass is 83.0 g/mol. The molecule has 0 amide bonds. The summed E-state index contributed by atoms with van der Waals surface area (Å²) in [5.74, 6) is 0. The second kappa shape index (κ2) is 11.0. The van der Waals surface area contributed by atoms with Crippen LogP contribution in [0.5, 0.6) is 0 Å². The molecule has 1 atom stereocenters. The number of hydrogen-bond acceptors (Lipinski definition) is 2. The quantitative estimate of drug-likeness (QED) is 0.399. The van der Waals surface area contributed by atoms with Crippen molar-refractivity contribution in [2.24, 2.45) is 0 Å². The fourth-order valence-corrected chi connectivity index (χ4v) is 0. The van der Waals surface area contributed by atoms with E-state index in [4.69, 9.17) is 9.46 Å². The Kier molecular flexibility index (Phi) is 24.5. The standard InChI is InChI=1S/H3N.H3O2P/c;1-3-2/h1H3;3H2,(H,1,2). The molecule has 4 N–H and O–H groups in total. The SMILES string of the molecule is N.O=[PH2]O. The molecule has 0 aromatic heterocycles. The molecule has 28 valence electrons. The fraction of sp³-hybridized carbons (Fsp3) is 0. The van der Waals surface area contributed by atoms with E-state index in [0.29, 0.717) is 0 Å². The van der Waals surface area contributed by atoms with Crippen molar-refractivity contribution in [1.82, 2.24) is 6.15 Å². The van der Waals surface area contributed by atoms with Crippen LogP contribution < -0.4 is 6.15 Å². The van der Waals surface area contributed by atoms with Gasteiger partial charge >= 0.3 is 0 Å². The summed E-state index contributed by atoms with van der Waals surface area (Å²) in [6.07, 6.45) is 0. The summed E-state index contributed by atoms with van der Waals surface area (Å²) in [7, 11) is -1.50. The number of hydrogen-bond donors (Lipinski definition) is 2. The molecule has 0 fully saturated rings. The molecule has 0 spiro atoms. The lowest BCUT2D eigenvalue weighted by Crippen LogP contribution is -1.03. The summed E-state index contributed by atoms with van der Waals surface area (Å²) >= 11 is 0. The molecule has 0 saturated carbocycles. The van der Waals surface area contributed by atoms with Gasteiger partial charge in [0, 0.05) is 0 Å². The van der Waals surface area contributed by atoms with Crippen LogP contribution in [0.4, 0.5) is 0 Å². The first kappa shape index (κ1) is 8.91. The van der Waals surface area contributed by atoms with Crippen LogP contribution >= 0.6 is 8.69 Å². The van der Waals surface area contributed by atoms with Gasteiger partial charge in [0.2, 0.25) is 0 Å². The molecule has 0 aliphatic carbocycles. The molecule has 0 rings (SSSR count). The summed E-state index contributed by atoms with van der Waals surface area (Å²) in [6.45, 7) is 0. The van der Waals surface area contributed by atoms with Crippen LogP contribution in [-0.2, 0) is 4.57 Å². The average molecular weight is 83.0 g/mol. The minimum absolute atomic E-state index is 0. The Balaban J connectivity index is 0. The van der Waals surface area contributed by atoms with Gasteiger partial charge in [-0.1, -0.05) is 0 Å². The van der Waals surface area contributed by atoms with E-state index >= 15 is 0 Å². The lowest BCUT2D eigenvalue weighted by molar-refractivity contribution is 0.524. The molecule has 1 unspecified atom stereocenters. The molecule has 0 saturated heterocycles. The lowest BCUT2D eigenvalue weighted by Gasteiger charge is -1.33. The van der Waals surface area contributed by atoms with E-state index in [1.165, 1.54) is 0 Å². The molecule has 4 heteroatoms. The summed E-state index contributed by atoms with van der Waals surface area (Å²) in [5.41, 5.74) is 0. The largest absolute Gasteiger partial charge is 0.348 e. The Labute approximate surface area is 25.5 Å². The van der Waals surface area contributed by atoms with Gasteiger partial charge in [0.15, 0.2) is 8.69 Å². The van der Waals surface area contributed by atoms with Crippen molar-refractivity contribution in [1.29, 1.82) is 0 Å². The van der Waals surface area contributed by atoms with Gasteiger partial charge in [0.1, 0.15) is 0 Å². The molecule has 0 aliphatic rings. The Morgan fingerprint density at radius 1 is 1.75 bits per heavy atom. The second-order valence-corrected chi connectivity index (χ2v) is 0.316. The summed E-state index contributed by atoms with van der Waals surface area (Å²) < 4.78 is 8.57. The van der Waals surface area contributed by atoms with Crippen LogP contribution in [0.2, 0.25) is 0 Å². The van der Waals surface area contributed by atoms with Crippen LogP contribution in [0.1, 0.15) is 0 Å². The summed E-state index contributed by atoms with van der Waals surface area (Å²) in [6, 6.07) is 0. The predicted molar refractivity (Wildman–Crippen MR) is 17.6 cm³/mol. The van der Waals surface area contributed by atoms with Crippen molar-refractivity contribution >= 4 is 8.69 Å². The molecule has 4 heavy (non-hydrogen) atoms. The van der Waals surface area contributed by atoms with Crippen LogP contribution in [0.3, 0.4) is 0 Å². The summed E-state index contributed by atoms with van der Waals surface area (Å²) in [4.78, 5) is 7.10. The molecule has 0 aromatic carbocycles. The zero-order valence-corrected chi connectivity index (χ0v) is 3.29. The van der Waals surface area contributed by atoms with E-state index in [2.05, 4.69) is 0 Å². The second-order valence-electron chi connectivity index (χ2n) is 0.105. The molecule has 0 aliphatic heterocycles. The van der Waals surface area contributed by atoms with E-state index in [9.17, 15) is 0 Å². The Morgan fingerprint density at radius 3 is 1.75 bits per heavy atom. The highest BCUT2D eigenvalue weighted by atomic mass is 31.1. The molecular weight excluding hydrogens is 77.0 g/mol. The van der Waals surface area contributed by atoms with Crippen molar-refractivity contribution in [2.45, 2.75) is 0 Å². The van der Waals surface area contributed by atoms with Crippen LogP contribution in [-0.4, -0.2) is 4.89 Å². The van der Waals surface area contributed by atoms with E-state index in [1.54, 1.807) is 0 Å². The predicted octanol–water partition coefficient (Wildman–Crippen LogP) is -0.188. The maximum Gasteiger partial charge on any atom is 0.177 e. The van der Waals surface area contributed by atoms with Crippen molar-refractivity contribution < 1.29 is 9.46 Å². The van der Waals surface area contributed by atoms with Crippen LogP contribution in [0.15, 0.2) is 0 Å². The minimum Gasteiger partial charge on any atom is -0.348 e. The van der Waals surface area contributed by atoms with Gasteiger partial charge < -0.3 is 11.0 Å². The molecule has 0 aromatic rings. The number of rotatable bonds is 0. The normalized spacial score (nSPS) is 7.25. The zero-order chi connectivity index (χ0) is 2.71. The first-order chi connectivity index (χ1) is 1.41. The Hall–Kier alpha value is 0.150. The average Bonchev–Trinajstić information content (AvgIpc) is 0.918. The first-order valence-electron chi connectivity index (χ1n) is 0.494. The van der Waals surface area contributed by atoms with Gasteiger partial charge in [-0.3, -0.25) is 4.57 Å². The van der Waals surface area contributed by atoms with Gasteiger partial charge in [-0.15, -0.1) is 0 Å². The van der Waals surface area contributed by atoms with Crippen molar-refractivity contribution in [3.63, 3.8) is 0 Å². The van der Waals surface area contributed by atoms with Crippen molar-refractivity contribution in [3.8, 4) is 0 Å². The van der Waals surface area contributed by atoms with E-state index in [-0.39, 0.29) is 6.15 Å². The van der Waals surface area contributed by atoms with Crippen molar-refractivity contribution in [3.05, 3.63) is 0 Å². The highest BCUT2D eigenvalue weighted by Gasteiger charge is 1.17. The van der Waals surface area contributed by atoms with Crippen molar-refractivity contribution in [2.75, 3.05) is 0 Å². The first-order valence-corrected chi connectivity index (χ1v) is 1.48. The fourth-order valence-electron chi connectivity index (χ4n) is 0. The third kappa shape index (κ3) is 126. The molecule has 3 nitrogen and oxygen atoms in total. The highest BCUT2D eigenvalue weighted by molar-refractivity contribution is 7.16. The Morgan fingerprint density at radius 2 is 1.75 bits per heavy atom.